The van der Waals surface area contributed by atoms with Crippen molar-refractivity contribution in [2.45, 2.75) is 0 Å². The molecule has 2 heteroatoms. The second kappa shape index (κ2) is 3.85. The molecule has 1 aliphatic heterocycles. The highest BCUT2D eigenvalue weighted by molar-refractivity contribution is 5.39. The molecule has 2 nitrogen and oxygen atoms in total. The van der Waals surface area contributed by atoms with Gasteiger partial charge in [-0.2, -0.15) is 0 Å². The van der Waals surface area contributed by atoms with Crippen LogP contribution in [-0.4, -0.2) is 25.0 Å². The Bertz CT molecular complexity index is 240. The van der Waals surface area contributed by atoms with Gasteiger partial charge in [0.2, 0.25) is 0 Å². The quantitative estimate of drug-likeness (QED) is 0.502. The SMILES string of the molecule is CN1C=C(C#CCN)C=CC1. The van der Waals surface area contributed by atoms with Gasteiger partial charge in [0, 0.05) is 25.4 Å². The fourth-order valence-corrected chi connectivity index (χ4v) is 0.906. The third-order valence-electron chi connectivity index (χ3n) is 1.39. The van der Waals surface area contributed by atoms with E-state index in [4.69, 9.17) is 5.73 Å². The maximum Gasteiger partial charge on any atom is 0.0555 e. The van der Waals surface area contributed by atoms with Gasteiger partial charge in [-0.15, -0.1) is 0 Å². The monoisotopic (exact) mass is 148 g/mol. The highest BCUT2D eigenvalue weighted by Gasteiger charge is 1.95. The molecule has 0 spiro atoms. The van der Waals surface area contributed by atoms with Gasteiger partial charge in [0.25, 0.3) is 0 Å². The maximum atomic E-state index is 5.24. The summed E-state index contributed by atoms with van der Waals surface area (Å²) in [5.74, 6) is 5.78. The van der Waals surface area contributed by atoms with E-state index in [0.717, 1.165) is 12.1 Å². The van der Waals surface area contributed by atoms with E-state index in [1.807, 2.05) is 19.3 Å². The largest absolute Gasteiger partial charge is 0.376 e. The van der Waals surface area contributed by atoms with E-state index in [-0.39, 0.29) is 0 Å². The molecular weight excluding hydrogens is 136 g/mol. The molecular formula is C9H12N2. The molecule has 0 aromatic heterocycles. The number of allylic oxidation sites excluding steroid dienone is 2. The molecule has 0 saturated carbocycles. The summed E-state index contributed by atoms with van der Waals surface area (Å²) >= 11 is 0. The van der Waals surface area contributed by atoms with Gasteiger partial charge in [-0.25, -0.2) is 0 Å². The standard InChI is InChI=1S/C9H12N2/c1-11-7-3-5-9(8-11)4-2-6-10/h3,5,8H,6-7,10H2,1H3. The average molecular weight is 148 g/mol. The van der Waals surface area contributed by atoms with E-state index in [1.165, 1.54) is 0 Å². The van der Waals surface area contributed by atoms with E-state index in [1.54, 1.807) is 0 Å². The Morgan fingerprint density at radius 3 is 3.18 bits per heavy atom. The van der Waals surface area contributed by atoms with Crippen LogP contribution in [0.2, 0.25) is 0 Å². The number of likely N-dealkylation sites (N-methyl/N-ethyl adjacent to an activating group) is 1. The molecule has 1 aliphatic rings. The first kappa shape index (κ1) is 7.90. The van der Waals surface area contributed by atoms with Crippen LogP contribution in [0.4, 0.5) is 0 Å². The van der Waals surface area contributed by atoms with Crippen molar-refractivity contribution in [1.29, 1.82) is 0 Å². The van der Waals surface area contributed by atoms with Crippen LogP contribution in [-0.2, 0) is 0 Å². The predicted molar refractivity (Wildman–Crippen MR) is 46.7 cm³/mol. The van der Waals surface area contributed by atoms with E-state index in [2.05, 4.69) is 22.8 Å². The highest BCUT2D eigenvalue weighted by atomic mass is 15.1. The van der Waals surface area contributed by atoms with E-state index in [0.29, 0.717) is 6.54 Å². The molecule has 0 aromatic rings. The molecule has 11 heavy (non-hydrogen) atoms. The molecule has 0 fully saturated rings. The molecule has 0 radical (unpaired) electrons. The number of hydrogen-bond donors (Lipinski definition) is 1. The molecule has 0 saturated heterocycles. The highest BCUT2D eigenvalue weighted by Crippen LogP contribution is 2.03. The Morgan fingerprint density at radius 1 is 1.73 bits per heavy atom. The number of rotatable bonds is 0. The lowest BCUT2D eigenvalue weighted by Gasteiger charge is -2.14. The zero-order chi connectivity index (χ0) is 8.10. The van der Waals surface area contributed by atoms with Gasteiger partial charge in [-0.1, -0.05) is 17.9 Å². The minimum Gasteiger partial charge on any atom is -0.376 e. The lowest BCUT2D eigenvalue weighted by Crippen LogP contribution is -2.13. The molecule has 1 heterocycles. The van der Waals surface area contributed by atoms with Crippen molar-refractivity contribution in [3.63, 3.8) is 0 Å². The van der Waals surface area contributed by atoms with Crippen LogP contribution in [0.1, 0.15) is 0 Å². The molecule has 1 rings (SSSR count). The van der Waals surface area contributed by atoms with Gasteiger partial charge in [0.05, 0.1) is 6.54 Å². The lowest BCUT2D eigenvalue weighted by molar-refractivity contribution is 0.502. The van der Waals surface area contributed by atoms with E-state index >= 15 is 0 Å². The minimum atomic E-state index is 0.425. The van der Waals surface area contributed by atoms with Crippen LogP contribution < -0.4 is 5.73 Å². The van der Waals surface area contributed by atoms with Crippen molar-refractivity contribution >= 4 is 0 Å². The summed E-state index contributed by atoms with van der Waals surface area (Å²) in [5.41, 5.74) is 6.27. The van der Waals surface area contributed by atoms with Crippen molar-refractivity contribution in [3.05, 3.63) is 23.9 Å². The second-order valence-corrected chi connectivity index (χ2v) is 2.43. The van der Waals surface area contributed by atoms with Crippen molar-refractivity contribution in [2.24, 2.45) is 5.73 Å². The van der Waals surface area contributed by atoms with Gasteiger partial charge in [0.15, 0.2) is 0 Å². The summed E-state index contributed by atoms with van der Waals surface area (Å²) in [7, 11) is 2.02. The molecule has 0 aliphatic carbocycles. The van der Waals surface area contributed by atoms with Gasteiger partial charge >= 0.3 is 0 Å². The fourth-order valence-electron chi connectivity index (χ4n) is 0.906. The summed E-state index contributed by atoms with van der Waals surface area (Å²) in [6.45, 7) is 1.39. The second-order valence-electron chi connectivity index (χ2n) is 2.43. The Morgan fingerprint density at radius 2 is 2.55 bits per heavy atom. The molecule has 2 N–H and O–H groups in total. The maximum absolute atomic E-state index is 5.24. The number of nitrogens with zero attached hydrogens (tertiary/aromatic N) is 1. The third kappa shape index (κ3) is 2.48. The first-order chi connectivity index (χ1) is 5.33. The summed E-state index contributed by atoms with van der Waals surface area (Å²) in [4.78, 5) is 2.08. The Hall–Kier alpha value is -1.20. The Labute approximate surface area is 67.4 Å². The van der Waals surface area contributed by atoms with Crippen LogP contribution in [0.25, 0.3) is 0 Å². The van der Waals surface area contributed by atoms with E-state index < -0.39 is 0 Å². The Kier molecular flexibility index (Phi) is 2.76. The molecule has 0 bridgehead atoms. The van der Waals surface area contributed by atoms with Gasteiger partial charge in [-0.05, 0) is 6.08 Å². The minimum absolute atomic E-state index is 0.425. The predicted octanol–water partition coefficient (Wildman–Crippen LogP) is 0.334. The molecule has 0 aromatic carbocycles. The first-order valence-corrected chi connectivity index (χ1v) is 3.60. The molecule has 58 valence electrons. The molecule has 0 atom stereocenters. The Balaban J connectivity index is 2.64. The van der Waals surface area contributed by atoms with Gasteiger partial charge in [-0.3, -0.25) is 0 Å². The van der Waals surface area contributed by atoms with E-state index in [9.17, 15) is 0 Å². The average Bonchev–Trinajstić information content (AvgIpc) is 2.01. The summed E-state index contributed by atoms with van der Waals surface area (Å²) in [6.07, 6.45) is 6.12. The topological polar surface area (TPSA) is 29.3 Å². The zero-order valence-corrected chi connectivity index (χ0v) is 6.67. The van der Waals surface area contributed by atoms with Crippen molar-refractivity contribution < 1.29 is 0 Å². The normalized spacial score (nSPS) is 15.5. The van der Waals surface area contributed by atoms with Crippen molar-refractivity contribution in [3.8, 4) is 11.8 Å². The summed E-state index contributed by atoms with van der Waals surface area (Å²) in [6, 6.07) is 0. The molecule has 0 amide bonds. The number of hydrogen-bond acceptors (Lipinski definition) is 2. The third-order valence-corrected chi connectivity index (χ3v) is 1.39. The van der Waals surface area contributed by atoms with Gasteiger partial charge in [0.1, 0.15) is 0 Å². The van der Waals surface area contributed by atoms with Crippen LogP contribution in [0, 0.1) is 11.8 Å². The van der Waals surface area contributed by atoms with Crippen LogP contribution in [0.5, 0.6) is 0 Å². The lowest BCUT2D eigenvalue weighted by atomic mass is 10.2. The molecule has 0 unspecified atom stereocenters. The fraction of sp³-hybridized carbons (Fsp3) is 0.333. The summed E-state index contributed by atoms with van der Waals surface area (Å²) < 4.78 is 0. The zero-order valence-electron chi connectivity index (χ0n) is 6.67. The first-order valence-electron chi connectivity index (χ1n) is 3.60. The van der Waals surface area contributed by atoms with Crippen molar-refractivity contribution in [1.82, 2.24) is 4.90 Å². The van der Waals surface area contributed by atoms with Gasteiger partial charge < -0.3 is 10.6 Å². The summed E-state index contributed by atoms with van der Waals surface area (Å²) in [5, 5.41) is 0. The number of nitrogens with two attached hydrogens (primary N) is 1. The smallest absolute Gasteiger partial charge is 0.0555 e. The van der Waals surface area contributed by atoms with Crippen LogP contribution >= 0.6 is 0 Å². The van der Waals surface area contributed by atoms with Crippen LogP contribution in [0.15, 0.2) is 23.9 Å². The van der Waals surface area contributed by atoms with Crippen LogP contribution in [0.3, 0.4) is 0 Å². The van der Waals surface area contributed by atoms with Crippen molar-refractivity contribution in [2.75, 3.05) is 20.1 Å².